The maximum atomic E-state index is 12.9. The van der Waals surface area contributed by atoms with E-state index in [-0.39, 0.29) is 41.8 Å². The second-order valence-electron chi connectivity index (χ2n) is 16.1. The first-order chi connectivity index (χ1) is 29.2. The maximum Gasteiger partial charge on any atom is 0.416 e. The Hall–Kier alpha value is -7.15. The Balaban J connectivity index is 0.000000157. The van der Waals surface area contributed by atoms with E-state index in [1.165, 1.54) is 10.7 Å². The van der Waals surface area contributed by atoms with E-state index in [4.69, 9.17) is 21.3 Å². The van der Waals surface area contributed by atoms with Gasteiger partial charge in [0.15, 0.2) is 11.3 Å². The number of imidazole rings is 1. The molecule has 4 aliphatic rings. The SMILES string of the molecule is CC(C)(C)OC(=O)N(c1cc(Cl)nc2c(/C=C3\CC(=O)NC3=O)cnn12)C1CC1.O=C1C/C(=C\c2cnn3c(NC4CC4)cc(NCc4cn5ccccc5n4)nc23)C(=O)N1. The van der Waals surface area contributed by atoms with Gasteiger partial charge in [0.25, 0.3) is 11.8 Å². The lowest BCUT2D eigenvalue weighted by Crippen LogP contribution is -2.39. The van der Waals surface area contributed by atoms with Crippen molar-refractivity contribution in [1.29, 1.82) is 0 Å². The first-order valence-electron chi connectivity index (χ1n) is 19.7. The number of halogens is 1. The van der Waals surface area contributed by atoms with Crippen LogP contribution in [-0.4, -0.2) is 86.0 Å². The number of aromatic nitrogens is 8. The first-order valence-corrected chi connectivity index (χ1v) is 20.1. The second kappa shape index (κ2) is 15.5. The van der Waals surface area contributed by atoms with Crippen molar-refractivity contribution in [2.75, 3.05) is 15.5 Å². The average Bonchev–Trinajstić information content (AvgIpc) is 3.98. The smallest absolute Gasteiger partial charge is 0.416 e. The molecule has 2 aliphatic heterocycles. The van der Waals surface area contributed by atoms with Crippen molar-refractivity contribution in [2.45, 2.75) is 83.5 Å². The minimum atomic E-state index is -0.651. The standard InChI is InChI=1S/C22H20N8O2.C19H20ClN5O4/c31-20-8-13(22(32)28-20)7-14-10-24-30-19(25-15-4-5-15)9-17(27-21(14)30)23-11-16-12-29-6-2-1-3-18(29)26-16;1-19(2,3)29-18(28)24(12-4-5-12)15-8-13(20)22-16-11(9-21-25(15)16)6-10-7-14(26)23-17(10)27/h1-3,6-7,9-10,12,15,25H,4-5,8,11H2,(H,23,27)(H,28,31,32);6,8-9,12H,4-5,7H2,1-3H3,(H,23,26,27)/b13-7+;10-6+. The Bertz CT molecular complexity index is 2830. The van der Waals surface area contributed by atoms with Crippen molar-refractivity contribution < 1.29 is 28.7 Å². The molecule has 6 aromatic rings. The van der Waals surface area contributed by atoms with Crippen molar-refractivity contribution >= 4 is 87.9 Å². The summed E-state index contributed by atoms with van der Waals surface area (Å²) >= 11 is 6.24. The van der Waals surface area contributed by atoms with Gasteiger partial charge >= 0.3 is 6.09 Å². The molecule has 61 heavy (non-hydrogen) atoms. The third kappa shape index (κ3) is 8.63. The molecule has 0 atom stereocenters. The molecule has 0 bridgehead atoms. The number of nitrogens with zero attached hydrogens (tertiary/aromatic N) is 9. The number of ether oxygens (including phenoxy) is 1. The topological polar surface area (TPSA) is 224 Å². The van der Waals surface area contributed by atoms with Crippen molar-refractivity contribution in [1.82, 2.24) is 49.2 Å². The van der Waals surface area contributed by atoms with Crippen LogP contribution in [0.1, 0.15) is 76.1 Å². The molecule has 0 spiro atoms. The van der Waals surface area contributed by atoms with Gasteiger partial charge in [-0.25, -0.2) is 19.7 Å². The molecular formula is C41H40ClN13O6. The number of fused-ring (bicyclic) bond motifs is 3. The van der Waals surface area contributed by atoms with Crippen molar-refractivity contribution in [3.8, 4) is 0 Å². The van der Waals surface area contributed by atoms with Gasteiger partial charge in [0.1, 0.15) is 33.9 Å². The summed E-state index contributed by atoms with van der Waals surface area (Å²) in [5.41, 5.74) is 4.04. The molecule has 0 radical (unpaired) electrons. The van der Waals surface area contributed by atoms with Crippen molar-refractivity contribution in [3.63, 3.8) is 0 Å². The highest BCUT2D eigenvalue weighted by atomic mass is 35.5. The van der Waals surface area contributed by atoms with E-state index in [0.717, 1.165) is 42.8 Å². The Morgan fingerprint density at radius 3 is 2.15 bits per heavy atom. The highest BCUT2D eigenvalue weighted by Gasteiger charge is 2.38. The lowest BCUT2D eigenvalue weighted by atomic mass is 10.1. The first kappa shape index (κ1) is 39.3. The van der Waals surface area contributed by atoms with Crippen LogP contribution in [0.4, 0.5) is 22.2 Å². The van der Waals surface area contributed by atoms with Crippen LogP contribution in [0.3, 0.4) is 0 Å². The number of hydrogen-bond acceptors (Lipinski definition) is 13. The van der Waals surface area contributed by atoms with Crippen LogP contribution in [0.2, 0.25) is 5.15 Å². The summed E-state index contributed by atoms with van der Waals surface area (Å²) in [6, 6.07) is 9.79. The molecule has 20 heteroatoms. The van der Waals surface area contributed by atoms with E-state index in [0.29, 0.717) is 57.8 Å². The highest BCUT2D eigenvalue weighted by Crippen LogP contribution is 2.35. The minimum absolute atomic E-state index is 0.00393. The van der Waals surface area contributed by atoms with E-state index in [1.54, 1.807) is 54.6 Å². The molecule has 4 N–H and O–H groups in total. The van der Waals surface area contributed by atoms with E-state index >= 15 is 0 Å². The number of hydrogen-bond donors (Lipinski definition) is 4. The summed E-state index contributed by atoms with van der Waals surface area (Å²) in [5.74, 6) is 0.479. The van der Waals surface area contributed by atoms with E-state index in [2.05, 4.69) is 41.4 Å². The molecule has 8 heterocycles. The predicted octanol–water partition coefficient (Wildman–Crippen LogP) is 4.71. The molecule has 2 aliphatic carbocycles. The molecule has 2 saturated carbocycles. The fourth-order valence-electron chi connectivity index (χ4n) is 6.86. The Morgan fingerprint density at radius 2 is 1.56 bits per heavy atom. The zero-order valence-electron chi connectivity index (χ0n) is 33.3. The average molecular weight is 846 g/mol. The van der Waals surface area contributed by atoms with E-state index in [1.807, 2.05) is 41.1 Å². The zero-order chi connectivity index (χ0) is 42.6. The van der Waals surface area contributed by atoms with Crippen LogP contribution < -0.4 is 26.2 Å². The molecule has 0 aromatic carbocycles. The summed E-state index contributed by atoms with van der Waals surface area (Å²) in [6.07, 6.45) is 13.9. The van der Waals surface area contributed by atoms with Gasteiger partial charge in [-0.3, -0.25) is 34.7 Å². The van der Waals surface area contributed by atoms with Gasteiger partial charge < -0.3 is 19.8 Å². The number of carbonyl (C=O) groups excluding carboxylic acids is 5. The molecule has 6 aromatic heterocycles. The largest absolute Gasteiger partial charge is 0.443 e. The number of nitrogens with one attached hydrogen (secondary N) is 4. The lowest BCUT2D eigenvalue weighted by molar-refractivity contribution is -0.125. The van der Waals surface area contributed by atoms with Crippen LogP contribution in [0.15, 0.2) is 66.3 Å². The highest BCUT2D eigenvalue weighted by molar-refractivity contribution is 6.30. The van der Waals surface area contributed by atoms with Crippen molar-refractivity contribution in [2.24, 2.45) is 0 Å². The van der Waals surface area contributed by atoms with Gasteiger partial charge in [0, 0.05) is 58.9 Å². The third-order valence-electron chi connectivity index (χ3n) is 9.94. The maximum absolute atomic E-state index is 12.9. The molecule has 19 nitrogen and oxygen atoms in total. The van der Waals surface area contributed by atoms with Gasteiger partial charge in [-0.05, 0) is 70.7 Å². The van der Waals surface area contributed by atoms with Gasteiger partial charge in [-0.1, -0.05) is 17.7 Å². The molecule has 312 valence electrons. The Morgan fingerprint density at radius 1 is 0.902 bits per heavy atom. The van der Waals surface area contributed by atoms with E-state index < -0.39 is 17.6 Å². The number of amides is 5. The van der Waals surface area contributed by atoms with Crippen LogP contribution in [0, 0.1) is 0 Å². The Kier molecular flexibility index (Phi) is 9.97. The summed E-state index contributed by atoms with van der Waals surface area (Å²) in [7, 11) is 0. The van der Waals surface area contributed by atoms with Crippen molar-refractivity contribution in [3.05, 3.63) is 88.2 Å². The number of pyridine rings is 1. The zero-order valence-corrected chi connectivity index (χ0v) is 34.1. The number of imide groups is 2. The second-order valence-corrected chi connectivity index (χ2v) is 16.5. The van der Waals surface area contributed by atoms with Gasteiger partial charge in [0.05, 0.1) is 37.5 Å². The lowest BCUT2D eigenvalue weighted by Gasteiger charge is -2.27. The monoisotopic (exact) mass is 845 g/mol. The van der Waals surface area contributed by atoms with E-state index in [9.17, 15) is 24.0 Å². The van der Waals surface area contributed by atoms with Crippen LogP contribution in [0.25, 0.3) is 29.1 Å². The van der Waals surface area contributed by atoms with Crippen LogP contribution >= 0.6 is 11.6 Å². The number of anilines is 3. The molecule has 10 rings (SSSR count). The van der Waals surface area contributed by atoms with Gasteiger partial charge in [-0.2, -0.15) is 19.2 Å². The quantitative estimate of drug-likeness (QED) is 0.0881. The Labute approximate surface area is 352 Å². The fourth-order valence-corrected chi connectivity index (χ4v) is 7.04. The molecule has 5 amide bonds. The van der Waals surface area contributed by atoms with Gasteiger partial charge in [-0.15, -0.1) is 0 Å². The minimum Gasteiger partial charge on any atom is -0.443 e. The summed E-state index contributed by atoms with van der Waals surface area (Å²) < 4.78 is 10.8. The number of carbonyl (C=O) groups is 5. The number of rotatable bonds is 9. The molecular weight excluding hydrogens is 806 g/mol. The molecule has 4 fully saturated rings. The summed E-state index contributed by atoms with van der Waals surface area (Å²) in [5, 5.41) is 20.4. The predicted molar refractivity (Wildman–Crippen MR) is 223 cm³/mol. The van der Waals surface area contributed by atoms with Crippen LogP contribution in [-0.2, 0) is 30.5 Å². The van der Waals surface area contributed by atoms with Gasteiger partial charge in [0.2, 0.25) is 11.8 Å². The molecule has 2 saturated heterocycles. The summed E-state index contributed by atoms with van der Waals surface area (Å²) in [6.45, 7) is 5.92. The third-order valence-corrected chi connectivity index (χ3v) is 10.1. The summed E-state index contributed by atoms with van der Waals surface area (Å²) in [4.78, 5) is 74.9. The normalized spacial score (nSPS) is 17.9. The fraction of sp³-hybridized carbons (Fsp3) is 0.317. The molecule has 0 unspecified atom stereocenters. The van der Waals surface area contributed by atoms with Crippen LogP contribution in [0.5, 0.6) is 0 Å².